The second-order valence-electron chi connectivity index (χ2n) is 8.66. The van der Waals surface area contributed by atoms with Crippen molar-refractivity contribution in [2.24, 2.45) is 0 Å². The minimum atomic E-state index is -3.87. The van der Waals surface area contributed by atoms with Crippen LogP contribution in [0.2, 0.25) is 0 Å². The number of hydrogen-bond acceptors (Lipinski definition) is 9. The topological polar surface area (TPSA) is 159 Å². The molecule has 0 bridgehead atoms. The molecule has 1 aromatic heterocycles. The summed E-state index contributed by atoms with van der Waals surface area (Å²) in [5.74, 6) is 0.0562. The number of carbonyl (C=O) groups is 1. The highest BCUT2D eigenvalue weighted by atomic mass is 32.2. The molecule has 0 radical (unpaired) electrons. The van der Waals surface area contributed by atoms with Crippen LogP contribution in [0.15, 0.2) is 56.5 Å². The Hall–Kier alpha value is -2.87. The third-order valence-electron chi connectivity index (χ3n) is 5.57. The molecule has 1 heterocycles. The molecular formula is C25H30N4O5S4. The molecule has 204 valence electrons. The Morgan fingerprint density at radius 3 is 2.53 bits per heavy atom. The van der Waals surface area contributed by atoms with Crippen molar-refractivity contribution >= 4 is 66.4 Å². The van der Waals surface area contributed by atoms with Gasteiger partial charge in [-0.25, -0.2) is 21.6 Å². The van der Waals surface area contributed by atoms with E-state index in [4.69, 9.17) is 11.1 Å². The summed E-state index contributed by atoms with van der Waals surface area (Å²) in [6.45, 7) is 2.12. The summed E-state index contributed by atoms with van der Waals surface area (Å²) in [4.78, 5) is 13.4. The molecule has 3 aromatic rings. The van der Waals surface area contributed by atoms with Crippen molar-refractivity contribution in [2.45, 2.75) is 33.8 Å². The Balaban J connectivity index is 1.90. The van der Waals surface area contributed by atoms with Gasteiger partial charge in [0, 0.05) is 40.9 Å². The first-order valence-electron chi connectivity index (χ1n) is 11.5. The Morgan fingerprint density at radius 1 is 1.13 bits per heavy atom. The standard InChI is InChI=1S/C25H30N4O5S4/c1-16-11-18(27)13-21(29-25(30)28-9-4-5-10-37(3,31)32)23(16)17-7-6-8-20(12-17)38(33,34)22-14-19(15-26)36-24(22)35-2/h6-8,11-15,26H,4-5,9-10,27H2,1-3H3,(H2,28,29,30). The molecule has 0 aliphatic carbocycles. The summed E-state index contributed by atoms with van der Waals surface area (Å²) < 4.78 is 50.2. The zero-order valence-corrected chi connectivity index (χ0v) is 24.5. The minimum Gasteiger partial charge on any atom is -0.399 e. The number of hydrogen-bond donors (Lipinski definition) is 4. The van der Waals surface area contributed by atoms with E-state index in [-0.39, 0.29) is 15.5 Å². The highest BCUT2D eigenvalue weighted by molar-refractivity contribution is 8.01. The monoisotopic (exact) mass is 594 g/mol. The largest absolute Gasteiger partial charge is 0.399 e. The lowest BCUT2D eigenvalue weighted by atomic mass is 9.97. The van der Waals surface area contributed by atoms with E-state index in [1.165, 1.54) is 41.5 Å². The van der Waals surface area contributed by atoms with Crippen molar-refractivity contribution < 1.29 is 21.6 Å². The van der Waals surface area contributed by atoms with Crippen LogP contribution in [0.3, 0.4) is 0 Å². The molecule has 13 heteroatoms. The van der Waals surface area contributed by atoms with E-state index in [0.717, 1.165) is 11.8 Å². The van der Waals surface area contributed by atoms with Crippen molar-refractivity contribution in [3.63, 3.8) is 0 Å². The van der Waals surface area contributed by atoms with Gasteiger partial charge in [0.1, 0.15) is 9.84 Å². The average molecular weight is 595 g/mol. The lowest BCUT2D eigenvalue weighted by Crippen LogP contribution is -2.30. The predicted molar refractivity (Wildman–Crippen MR) is 156 cm³/mol. The third kappa shape index (κ3) is 7.37. The maximum Gasteiger partial charge on any atom is 0.319 e. The first-order valence-corrected chi connectivity index (χ1v) is 17.1. The molecule has 0 saturated heterocycles. The van der Waals surface area contributed by atoms with Gasteiger partial charge in [0.25, 0.3) is 0 Å². The van der Waals surface area contributed by atoms with Crippen molar-refractivity contribution in [2.75, 3.05) is 35.9 Å². The molecule has 38 heavy (non-hydrogen) atoms. The average Bonchev–Trinajstić information content (AvgIpc) is 3.27. The van der Waals surface area contributed by atoms with Crippen molar-refractivity contribution in [1.29, 1.82) is 5.41 Å². The number of thioether (sulfide) groups is 1. The number of thiophene rings is 1. The summed E-state index contributed by atoms with van der Waals surface area (Å²) in [6.07, 6.45) is 5.04. The van der Waals surface area contributed by atoms with Gasteiger partial charge in [-0.15, -0.1) is 23.1 Å². The van der Waals surface area contributed by atoms with Gasteiger partial charge in [0.15, 0.2) is 0 Å². The summed E-state index contributed by atoms with van der Waals surface area (Å²) >= 11 is 2.56. The Bertz CT molecular complexity index is 1560. The van der Waals surface area contributed by atoms with Crippen LogP contribution in [0.5, 0.6) is 0 Å². The summed E-state index contributed by atoms with van der Waals surface area (Å²) in [6, 6.07) is 10.9. The molecule has 5 N–H and O–H groups in total. The lowest BCUT2D eigenvalue weighted by Gasteiger charge is -2.17. The van der Waals surface area contributed by atoms with E-state index in [2.05, 4.69) is 10.6 Å². The van der Waals surface area contributed by atoms with E-state index < -0.39 is 25.7 Å². The molecule has 2 amide bonds. The number of carbonyl (C=O) groups excluding carboxylic acids is 1. The quantitative estimate of drug-likeness (QED) is 0.107. The summed E-state index contributed by atoms with van der Waals surface area (Å²) in [5, 5.41) is 13.0. The van der Waals surface area contributed by atoms with Crippen LogP contribution in [-0.4, -0.2) is 53.9 Å². The second kappa shape index (κ2) is 12.3. The predicted octanol–water partition coefficient (Wildman–Crippen LogP) is 4.80. The van der Waals surface area contributed by atoms with Crippen LogP contribution < -0.4 is 16.4 Å². The third-order valence-corrected chi connectivity index (χ3v) is 10.9. The molecule has 0 fully saturated rings. The van der Waals surface area contributed by atoms with Gasteiger partial charge in [-0.1, -0.05) is 12.1 Å². The molecule has 2 aromatic carbocycles. The molecule has 0 aliphatic rings. The van der Waals surface area contributed by atoms with E-state index in [1.54, 1.807) is 36.6 Å². The molecular weight excluding hydrogens is 565 g/mol. The number of nitrogen functional groups attached to an aromatic ring is 1. The number of amides is 2. The van der Waals surface area contributed by atoms with Crippen LogP contribution in [0, 0.1) is 12.3 Å². The molecule has 0 atom stereocenters. The van der Waals surface area contributed by atoms with Crippen molar-refractivity contribution in [3.8, 4) is 11.1 Å². The van der Waals surface area contributed by atoms with Crippen LogP contribution in [0.1, 0.15) is 23.3 Å². The van der Waals surface area contributed by atoms with E-state index in [1.807, 2.05) is 6.92 Å². The van der Waals surface area contributed by atoms with Crippen molar-refractivity contribution in [1.82, 2.24) is 5.32 Å². The van der Waals surface area contributed by atoms with E-state index >= 15 is 0 Å². The van der Waals surface area contributed by atoms with Crippen LogP contribution in [0.25, 0.3) is 11.1 Å². The Morgan fingerprint density at radius 2 is 1.87 bits per heavy atom. The smallest absolute Gasteiger partial charge is 0.319 e. The Labute approximate surface area is 231 Å². The molecule has 3 rings (SSSR count). The molecule has 0 unspecified atom stereocenters. The van der Waals surface area contributed by atoms with Gasteiger partial charge >= 0.3 is 6.03 Å². The van der Waals surface area contributed by atoms with E-state index in [9.17, 15) is 21.6 Å². The normalized spacial score (nSPS) is 11.8. The minimum absolute atomic E-state index is 0.0562. The van der Waals surface area contributed by atoms with Gasteiger partial charge < -0.3 is 21.8 Å². The zero-order valence-electron chi connectivity index (χ0n) is 21.2. The van der Waals surface area contributed by atoms with Gasteiger partial charge in [-0.2, -0.15) is 0 Å². The number of anilines is 2. The number of unbranched alkanes of at least 4 members (excludes halogenated alkanes) is 1. The van der Waals surface area contributed by atoms with Crippen LogP contribution in [-0.2, 0) is 19.7 Å². The molecule has 0 saturated carbocycles. The number of nitrogens with one attached hydrogen (secondary N) is 3. The first-order chi connectivity index (χ1) is 17.9. The SMILES string of the molecule is CSc1sc(C=N)cc1S(=O)(=O)c1cccc(-c2c(C)cc(N)cc2NC(=O)NCCCCS(C)(=O)=O)c1. The molecule has 0 spiro atoms. The van der Waals surface area contributed by atoms with Gasteiger partial charge in [-0.05, 0) is 67.5 Å². The fraction of sp³-hybridized carbons (Fsp3) is 0.280. The number of benzene rings is 2. The fourth-order valence-corrected chi connectivity index (χ4v) is 8.50. The number of nitrogens with two attached hydrogens (primary N) is 1. The van der Waals surface area contributed by atoms with Gasteiger partial charge in [-0.3, -0.25) is 0 Å². The van der Waals surface area contributed by atoms with Crippen LogP contribution >= 0.6 is 23.1 Å². The van der Waals surface area contributed by atoms with Crippen molar-refractivity contribution in [3.05, 3.63) is 52.9 Å². The second-order valence-corrected chi connectivity index (χ2v) is 15.0. The maximum atomic E-state index is 13.5. The highest BCUT2D eigenvalue weighted by Crippen LogP contribution is 2.39. The summed E-state index contributed by atoms with van der Waals surface area (Å²) in [5.41, 5.74) is 8.84. The zero-order chi connectivity index (χ0) is 28.1. The fourth-order valence-electron chi connectivity index (χ4n) is 3.88. The Kier molecular flexibility index (Phi) is 9.63. The van der Waals surface area contributed by atoms with Crippen LogP contribution in [0.4, 0.5) is 16.2 Å². The first kappa shape index (κ1) is 29.7. The van der Waals surface area contributed by atoms with E-state index in [0.29, 0.717) is 51.0 Å². The number of urea groups is 1. The maximum absolute atomic E-state index is 13.5. The summed E-state index contributed by atoms with van der Waals surface area (Å²) in [7, 11) is -6.92. The molecule has 0 aliphatic heterocycles. The number of sulfone groups is 2. The van der Waals surface area contributed by atoms with Gasteiger partial charge in [0.05, 0.1) is 19.7 Å². The molecule has 9 nitrogen and oxygen atoms in total. The number of rotatable bonds is 11. The highest BCUT2D eigenvalue weighted by Gasteiger charge is 2.25. The lowest BCUT2D eigenvalue weighted by molar-refractivity contribution is 0.252. The van der Waals surface area contributed by atoms with Gasteiger partial charge in [0.2, 0.25) is 9.84 Å². The number of aryl methyl sites for hydroxylation is 1.